The summed E-state index contributed by atoms with van der Waals surface area (Å²) in [4.78, 5) is 4.30. The third-order valence-corrected chi connectivity index (χ3v) is 3.30. The highest BCUT2D eigenvalue weighted by molar-refractivity contribution is 5.43. The maximum Gasteiger partial charge on any atom is 0.243 e. The summed E-state index contributed by atoms with van der Waals surface area (Å²) in [5, 5.41) is 10.8. The average molecular weight is 249 g/mol. The average Bonchev–Trinajstić information content (AvgIpc) is 2.79. The van der Waals surface area contributed by atoms with Crippen molar-refractivity contribution < 1.29 is 4.39 Å². The highest BCUT2D eigenvalue weighted by atomic mass is 19.1. The molecule has 0 aromatic carbocycles. The number of aromatic nitrogens is 3. The van der Waals surface area contributed by atoms with Crippen molar-refractivity contribution in [1.82, 2.24) is 19.9 Å². The zero-order valence-corrected chi connectivity index (χ0v) is 10.1. The zero-order valence-electron chi connectivity index (χ0n) is 10.1. The van der Waals surface area contributed by atoms with E-state index < -0.39 is 0 Å². The molecule has 3 rings (SSSR count). The van der Waals surface area contributed by atoms with Crippen molar-refractivity contribution in [3.63, 3.8) is 0 Å². The Morgan fingerprint density at radius 1 is 1.39 bits per heavy atom. The van der Waals surface area contributed by atoms with E-state index >= 15 is 0 Å². The van der Waals surface area contributed by atoms with Gasteiger partial charge in [-0.3, -0.25) is 0 Å². The van der Waals surface area contributed by atoms with E-state index in [1.165, 1.54) is 29.6 Å². The SMILES string of the molecule is Fc1ccc2nc(NCC3CCNCC3)nn2c1. The van der Waals surface area contributed by atoms with Gasteiger partial charge in [-0.25, -0.2) is 8.91 Å². The molecule has 1 saturated heterocycles. The molecule has 1 fully saturated rings. The van der Waals surface area contributed by atoms with E-state index in [0.29, 0.717) is 17.5 Å². The maximum absolute atomic E-state index is 13.0. The molecule has 0 atom stereocenters. The molecule has 18 heavy (non-hydrogen) atoms. The highest BCUT2D eigenvalue weighted by Crippen LogP contribution is 2.13. The zero-order chi connectivity index (χ0) is 12.4. The van der Waals surface area contributed by atoms with Crippen molar-refractivity contribution in [2.45, 2.75) is 12.8 Å². The Morgan fingerprint density at radius 3 is 3.06 bits per heavy atom. The summed E-state index contributed by atoms with van der Waals surface area (Å²) in [6.45, 7) is 3.04. The molecule has 6 heteroatoms. The first-order chi connectivity index (χ1) is 8.81. The van der Waals surface area contributed by atoms with E-state index in [0.717, 1.165) is 19.6 Å². The van der Waals surface area contributed by atoms with Gasteiger partial charge in [0, 0.05) is 6.54 Å². The Morgan fingerprint density at radius 2 is 2.22 bits per heavy atom. The standard InChI is InChI=1S/C12H16FN5/c13-10-1-2-11-16-12(17-18(11)8-10)15-7-9-3-5-14-6-4-9/h1-2,8-9,14H,3-7H2,(H,15,17). The van der Waals surface area contributed by atoms with Gasteiger partial charge in [0.2, 0.25) is 5.95 Å². The molecule has 0 radical (unpaired) electrons. The van der Waals surface area contributed by atoms with Crippen molar-refractivity contribution in [2.24, 2.45) is 5.92 Å². The van der Waals surface area contributed by atoms with Crippen LogP contribution < -0.4 is 10.6 Å². The normalized spacial score (nSPS) is 17.2. The fourth-order valence-electron chi connectivity index (χ4n) is 2.25. The number of rotatable bonds is 3. The Bertz CT molecular complexity index is 532. The lowest BCUT2D eigenvalue weighted by atomic mass is 9.98. The van der Waals surface area contributed by atoms with Gasteiger partial charge in [-0.2, -0.15) is 4.98 Å². The first-order valence-electron chi connectivity index (χ1n) is 6.28. The van der Waals surface area contributed by atoms with Crippen molar-refractivity contribution in [2.75, 3.05) is 25.0 Å². The van der Waals surface area contributed by atoms with E-state index in [9.17, 15) is 4.39 Å². The van der Waals surface area contributed by atoms with Crippen molar-refractivity contribution in [3.05, 3.63) is 24.1 Å². The third-order valence-electron chi connectivity index (χ3n) is 3.30. The van der Waals surface area contributed by atoms with Crippen LogP contribution in [-0.2, 0) is 0 Å². The van der Waals surface area contributed by atoms with Crippen molar-refractivity contribution in [3.8, 4) is 0 Å². The van der Waals surface area contributed by atoms with Gasteiger partial charge in [0.05, 0.1) is 6.20 Å². The number of piperidine rings is 1. The van der Waals surface area contributed by atoms with E-state index in [4.69, 9.17) is 0 Å². The van der Waals surface area contributed by atoms with Crippen LogP contribution in [0.25, 0.3) is 5.65 Å². The predicted octanol–water partition coefficient (Wildman–Crippen LogP) is 1.28. The van der Waals surface area contributed by atoms with Crippen molar-refractivity contribution in [1.29, 1.82) is 0 Å². The number of nitrogens with zero attached hydrogens (tertiary/aromatic N) is 3. The summed E-state index contributed by atoms with van der Waals surface area (Å²) >= 11 is 0. The van der Waals surface area contributed by atoms with Crippen LogP contribution >= 0.6 is 0 Å². The van der Waals surface area contributed by atoms with Gasteiger partial charge in [-0.1, -0.05) is 0 Å². The van der Waals surface area contributed by atoms with Gasteiger partial charge in [-0.05, 0) is 44.0 Å². The molecule has 5 nitrogen and oxygen atoms in total. The van der Waals surface area contributed by atoms with Gasteiger partial charge in [-0.15, -0.1) is 5.10 Å². The first kappa shape index (κ1) is 11.4. The van der Waals surface area contributed by atoms with E-state index in [1.807, 2.05) is 0 Å². The second-order valence-corrected chi connectivity index (χ2v) is 4.66. The third kappa shape index (κ3) is 2.43. The van der Waals surface area contributed by atoms with Gasteiger partial charge in [0.25, 0.3) is 0 Å². The number of hydrogen-bond acceptors (Lipinski definition) is 4. The van der Waals surface area contributed by atoms with Crippen LogP contribution in [0.1, 0.15) is 12.8 Å². The molecule has 96 valence electrons. The molecule has 2 aromatic rings. The van der Waals surface area contributed by atoms with Gasteiger partial charge in [0.15, 0.2) is 5.65 Å². The van der Waals surface area contributed by atoms with Gasteiger partial charge < -0.3 is 10.6 Å². The summed E-state index contributed by atoms with van der Waals surface area (Å²) in [5.41, 5.74) is 0.657. The lowest BCUT2D eigenvalue weighted by Gasteiger charge is -2.22. The van der Waals surface area contributed by atoms with Crippen LogP contribution in [0.5, 0.6) is 0 Å². The van der Waals surface area contributed by atoms with E-state index in [2.05, 4.69) is 20.7 Å². The summed E-state index contributed by atoms with van der Waals surface area (Å²) < 4.78 is 14.5. The minimum Gasteiger partial charge on any atom is -0.353 e. The number of pyridine rings is 1. The second kappa shape index (κ2) is 4.89. The fourth-order valence-corrected chi connectivity index (χ4v) is 2.25. The summed E-state index contributed by atoms with van der Waals surface area (Å²) in [5.74, 6) is 0.922. The molecule has 0 bridgehead atoms. The van der Waals surface area contributed by atoms with Crippen LogP contribution in [0.15, 0.2) is 18.3 Å². The highest BCUT2D eigenvalue weighted by Gasteiger charge is 2.13. The number of nitrogens with one attached hydrogen (secondary N) is 2. The molecule has 0 spiro atoms. The van der Waals surface area contributed by atoms with Crippen LogP contribution in [0.3, 0.4) is 0 Å². The lowest BCUT2D eigenvalue weighted by Crippen LogP contribution is -2.31. The topological polar surface area (TPSA) is 54.2 Å². The molecule has 1 aliphatic rings. The van der Waals surface area contributed by atoms with Crippen LogP contribution in [0, 0.1) is 11.7 Å². The summed E-state index contributed by atoms with van der Waals surface area (Å²) in [6, 6.07) is 3.01. The first-order valence-corrected chi connectivity index (χ1v) is 6.28. The molecule has 2 aromatic heterocycles. The van der Waals surface area contributed by atoms with E-state index in [-0.39, 0.29) is 5.82 Å². The molecular weight excluding hydrogens is 233 g/mol. The van der Waals surface area contributed by atoms with Crippen LogP contribution in [0.2, 0.25) is 0 Å². The second-order valence-electron chi connectivity index (χ2n) is 4.66. The van der Waals surface area contributed by atoms with Gasteiger partial charge in [0.1, 0.15) is 5.82 Å². The Labute approximate surface area is 104 Å². The molecule has 0 amide bonds. The molecule has 0 unspecified atom stereocenters. The molecule has 2 N–H and O–H groups in total. The van der Waals surface area contributed by atoms with Crippen molar-refractivity contribution >= 4 is 11.6 Å². The maximum atomic E-state index is 13.0. The molecule has 1 aliphatic heterocycles. The molecule has 3 heterocycles. The monoisotopic (exact) mass is 249 g/mol. The van der Waals surface area contributed by atoms with Crippen LogP contribution in [0.4, 0.5) is 10.3 Å². The molecular formula is C12H16FN5. The largest absolute Gasteiger partial charge is 0.353 e. The summed E-state index contributed by atoms with van der Waals surface area (Å²) in [6.07, 6.45) is 3.68. The number of hydrogen-bond donors (Lipinski definition) is 2. The van der Waals surface area contributed by atoms with E-state index in [1.54, 1.807) is 6.07 Å². The Hall–Kier alpha value is -1.69. The Kier molecular flexibility index (Phi) is 3.10. The smallest absolute Gasteiger partial charge is 0.243 e. The van der Waals surface area contributed by atoms with Crippen LogP contribution in [-0.4, -0.2) is 34.2 Å². The Balaban J connectivity index is 1.67. The lowest BCUT2D eigenvalue weighted by molar-refractivity contribution is 0.389. The summed E-state index contributed by atoms with van der Waals surface area (Å²) in [7, 11) is 0. The van der Waals surface area contributed by atoms with Gasteiger partial charge >= 0.3 is 0 Å². The predicted molar refractivity (Wildman–Crippen MR) is 67.0 cm³/mol. The molecule has 0 aliphatic carbocycles. The number of fused-ring (bicyclic) bond motifs is 1. The minimum absolute atomic E-state index is 0.308. The minimum atomic E-state index is -0.308. The number of halogens is 1. The number of anilines is 1. The quantitative estimate of drug-likeness (QED) is 0.860. The molecule has 0 saturated carbocycles. The fraction of sp³-hybridized carbons (Fsp3) is 0.500.